The second kappa shape index (κ2) is 6.39. The van der Waals surface area contributed by atoms with Crippen molar-refractivity contribution in [2.45, 2.75) is 40.3 Å². The highest BCUT2D eigenvalue weighted by atomic mass is 16.1. The number of aromatic nitrogens is 4. The Hall–Kier alpha value is -2.76. The van der Waals surface area contributed by atoms with Gasteiger partial charge in [-0.25, -0.2) is 4.98 Å². The van der Waals surface area contributed by atoms with Crippen LogP contribution in [0.3, 0.4) is 0 Å². The van der Waals surface area contributed by atoms with Crippen LogP contribution in [0.2, 0.25) is 0 Å². The van der Waals surface area contributed by atoms with Crippen LogP contribution in [0.5, 0.6) is 0 Å². The SMILES string of the molecule is Cc1cc(C(=O)N[C@@H](C)Cn2cncn2)c2ccc(C)c(C)c2n1. The first kappa shape index (κ1) is 16.1. The van der Waals surface area contributed by atoms with Crippen molar-refractivity contribution in [3.05, 3.63) is 53.2 Å². The summed E-state index contributed by atoms with van der Waals surface area (Å²) < 4.78 is 1.70. The third-order valence-corrected chi connectivity index (χ3v) is 4.18. The number of carbonyl (C=O) groups is 1. The fourth-order valence-corrected chi connectivity index (χ4v) is 2.80. The van der Waals surface area contributed by atoms with Gasteiger partial charge in [-0.1, -0.05) is 12.1 Å². The Bertz CT molecular complexity index is 886. The zero-order valence-corrected chi connectivity index (χ0v) is 14.4. The molecule has 1 amide bonds. The second-order valence-electron chi connectivity index (χ2n) is 6.21. The lowest BCUT2D eigenvalue weighted by molar-refractivity contribution is 0.0937. The Morgan fingerprint density at radius 2 is 2.08 bits per heavy atom. The third kappa shape index (κ3) is 3.13. The molecule has 0 saturated carbocycles. The molecule has 1 N–H and O–H groups in total. The van der Waals surface area contributed by atoms with Crippen LogP contribution in [0.4, 0.5) is 0 Å². The summed E-state index contributed by atoms with van der Waals surface area (Å²) in [5.74, 6) is -0.0960. The predicted molar refractivity (Wildman–Crippen MR) is 92.9 cm³/mol. The summed E-state index contributed by atoms with van der Waals surface area (Å²) in [5, 5.41) is 7.98. The first-order chi connectivity index (χ1) is 11.5. The second-order valence-corrected chi connectivity index (χ2v) is 6.21. The smallest absolute Gasteiger partial charge is 0.252 e. The number of nitrogens with one attached hydrogen (secondary N) is 1. The van der Waals surface area contributed by atoms with Crippen LogP contribution in [0.1, 0.15) is 34.1 Å². The first-order valence-electron chi connectivity index (χ1n) is 7.96. The van der Waals surface area contributed by atoms with Gasteiger partial charge in [0.2, 0.25) is 0 Å². The van der Waals surface area contributed by atoms with Gasteiger partial charge < -0.3 is 5.32 Å². The van der Waals surface area contributed by atoms with E-state index in [-0.39, 0.29) is 11.9 Å². The lowest BCUT2D eigenvalue weighted by atomic mass is 10.0. The number of rotatable bonds is 4. The minimum atomic E-state index is -0.0960. The monoisotopic (exact) mass is 323 g/mol. The van der Waals surface area contributed by atoms with Gasteiger partial charge in [-0.2, -0.15) is 5.10 Å². The molecule has 0 spiro atoms. The zero-order valence-electron chi connectivity index (χ0n) is 14.4. The van der Waals surface area contributed by atoms with Crippen LogP contribution in [-0.2, 0) is 6.54 Å². The molecule has 3 aromatic rings. The summed E-state index contributed by atoms with van der Waals surface area (Å²) in [6.07, 6.45) is 3.13. The van der Waals surface area contributed by atoms with Gasteiger partial charge in [0.25, 0.3) is 5.91 Å². The number of nitrogens with zero attached hydrogens (tertiary/aromatic N) is 4. The fraction of sp³-hybridized carbons (Fsp3) is 0.333. The number of fused-ring (bicyclic) bond motifs is 1. The maximum atomic E-state index is 12.8. The molecule has 1 atom stereocenters. The van der Waals surface area contributed by atoms with Gasteiger partial charge >= 0.3 is 0 Å². The van der Waals surface area contributed by atoms with Gasteiger partial charge in [-0.05, 0) is 44.9 Å². The summed E-state index contributed by atoms with van der Waals surface area (Å²) in [6, 6.07) is 5.79. The molecule has 0 aliphatic rings. The molecule has 0 saturated heterocycles. The minimum absolute atomic E-state index is 0.0609. The van der Waals surface area contributed by atoms with E-state index in [1.807, 2.05) is 39.0 Å². The summed E-state index contributed by atoms with van der Waals surface area (Å²) in [5.41, 5.74) is 4.67. The highest BCUT2D eigenvalue weighted by molar-refractivity contribution is 6.07. The fourth-order valence-electron chi connectivity index (χ4n) is 2.80. The molecular weight excluding hydrogens is 302 g/mol. The predicted octanol–water partition coefficient (Wildman–Crippen LogP) is 2.57. The largest absolute Gasteiger partial charge is 0.348 e. The molecule has 0 aliphatic heterocycles. The van der Waals surface area contributed by atoms with Crippen molar-refractivity contribution in [1.29, 1.82) is 0 Å². The topological polar surface area (TPSA) is 72.7 Å². The van der Waals surface area contributed by atoms with Crippen molar-refractivity contribution in [2.24, 2.45) is 0 Å². The molecule has 0 fully saturated rings. The maximum absolute atomic E-state index is 12.8. The Kier molecular flexibility index (Phi) is 4.29. The van der Waals surface area contributed by atoms with E-state index in [2.05, 4.69) is 27.3 Å². The van der Waals surface area contributed by atoms with E-state index >= 15 is 0 Å². The molecule has 2 heterocycles. The molecule has 2 aromatic heterocycles. The third-order valence-electron chi connectivity index (χ3n) is 4.18. The molecule has 6 heteroatoms. The summed E-state index contributed by atoms with van der Waals surface area (Å²) in [7, 11) is 0. The summed E-state index contributed by atoms with van der Waals surface area (Å²) in [6.45, 7) is 8.53. The average Bonchev–Trinajstić information content (AvgIpc) is 3.03. The number of amides is 1. The van der Waals surface area contributed by atoms with Gasteiger partial charge in [0.1, 0.15) is 12.7 Å². The normalized spacial score (nSPS) is 12.3. The van der Waals surface area contributed by atoms with Gasteiger partial charge in [0, 0.05) is 17.1 Å². The van der Waals surface area contributed by atoms with Crippen molar-refractivity contribution < 1.29 is 4.79 Å². The van der Waals surface area contributed by atoms with Crippen LogP contribution in [-0.4, -0.2) is 31.7 Å². The molecule has 24 heavy (non-hydrogen) atoms. The number of benzene rings is 1. The molecule has 6 nitrogen and oxygen atoms in total. The Balaban J connectivity index is 1.90. The zero-order chi connectivity index (χ0) is 17.3. The molecule has 3 rings (SSSR count). The molecule has 1 aromatic carbocycles. The van der Waals surface area contributed by atoms with Crippen LogP contribution >= 0.6 is 0 Å². The van der Waals surface area contributed by atoms with Gasteiger partial charge in [0.05, 0.1) is 17.6 Å². The summed E-state index contributed by atoms with van der Waals surface area (Å²) in [4.78, 5) is 21.3. The highest BCUT2D eigenvalue weighted by Crippen LogP contribution is 2.24. The van der Waals surface area contributed by atoms with Gasteiger partial charge in [-0.3, -0.25) is 14.5 Å². The Morgan fingerprint density at radius 1 is 1.29 bits per heavy atom. The van der Waals surface area contributed by atoms with Crippen molar-refractivity contribution in [3.8, 4) is 0 Å². The van der Waals surface area contributed by atoms with E-state index in [0.717, 1.165) is 22.2 Å². The number of hydrogen-bond donors (Lipinski definition) is 1. The molecule has 0 bridgehead atoms. The van der Waals surface area contributed by atoms with E-state index in [1.54, 1.807) is 11.0 Å². The lowest BCUT2D eigenvalue weighted by Gasteiger charge is -2.16. The Labute approximate surface area is 140 Å². The summed E-state index contributed by atoms with van der Waals surface area (Å²) >= 11 is 0. The van der Waals surface area contributed by atoms with E-state index in [1.165, 1.54) is 11.9 Å². The van der Waals surface area contributed by atoms with Crippen molar-refractivity contribution in [1.82, 2.24) is 25.1 Å². The molecule has 0 aliphatic carbocycles. The lowest BCUT2D eigenvalue weighted by Crippen LogP contribution is -2.36. The van der Waals surface area contributed by atoms with Crippen molar-refractivity contribution in [2.75, 3.05) is 0 Å². The van der Waals surface area contributed by atoms with Crippen molar-refractivity contribution >= 4 is 16.8 Å². The first-order valence-corrected chi connectivity index (χ1v) is 7.96. The van der Waals surface area contributed by atoms with E-state index < -0.39 is 0 Å². The molecular formula is C18H21N5O. The maximum Gasteiger partial charge on any atom is 0.252 e. The number of hydrogen-bond acceptors (Lipinski definition) is 4. The number of aryl methyl sites for hydroxylation is 3. The van der Waals surface area contributed by atoms with E-state index in [4.69, 9.17) is 0 Å². The average molecular weight is 323 g/mol. The minimum Gasteiger partial charge on any atom is -0.348 e. The van der Waals surface area contributed by atoms with Gasteiger partial charge in [0.15, 0.2) is 0 Å². The van der Waals surface area contributed by atoms with E-state index in [0.29, 0.717) is 12.1 Å². The Morgan fingerprint density at radius 3 is 2.79 bits per heavy atom. The van der Waals surface area contributed by atoms with E-state index in [9.17, 15) is 4.79 Å². The van der Waals surface area contributed by atoms with Crippen LogP contribution < -0.4 is 5.32 Å². The number of pyridine rings is 1. The molecule has 0 unspecified atom stereocenters. The standard InChI is InChI=1S/C18H21N5O/c1-11-5-6-15-16(7-12(2)21-17(15)14(11)4)18(24)22-13(3)8-23-10-19-9-20-23/h5-7,9-10,13H,8H2,1-4H3,(H,22,24)/t13-/m0/s1. The highest BCUT2D eigenvalue weighted by Gasteiger charge is 2.16. The van der Waals surface area contributed by atoms with Crippen LogP contribution in [0, 0.1) is 20.8 Å². The molecule has 124 valence electrons. The quantitative estimate of drug-likeness (QED) is 0.801. The van der Waals surface area contributed by atoms with Crippen LogP contribution in [0.25, 0.3) is 10.9 Å². The molecule has 0 radical (unpaired) electrons. The number of carbonyl (C=O) groups excluding carboxylic acids is 1. The van der Waals surface area contributed by atoms with Gasteiger partial charge in [-0.15, -0.1) is 0 Å². The van der Waals surface area contributed by atoms with Crippen LogP contribution in [0.15, 0.2) is 30.9 Å². The van der Waals surface area contributed by atoms with Crippen molar-refractivity contribution in [3.63, 3.8) is 0 Å².